The number of nitrogens with one attached hydrogen (secondary N) is 2. The van der Waals surface area contributed by atoms with Gasteiger partial charge in [0.05, 0.1) is 21.3 Å². The first-order valence-electron chi connectivity index (χ1n) is 9.45. The van der Waals surface area contributed by atoms with Crippen LogP contribution in [-0.4, -0.2) is 44.2 Å². The molecule has 2 amide bonds. The van der Waals surface area contributed by atoms with Gasteiger partial charge in [0.15, 0.2) is 11.5 Å². The number of anilines is 1. The summed E-state index contributed by atoms with van der Waals surface area (Å²) < 4.78 is 15.9. The van der Waals surface area contributed by atoms with Gasteiger partial charge in [-0.1, -0.05) is 18.9 Å². The SMILES string of the molecule is COc1cc(NC(=O)c2cccc(C(=O)NC3CCCC3)n2)cc(OC)c1OC. The molecular weight excluding hydrogens is 374 g/mol. The second kappa shape index (κ2) is 9.27. The minimum Gasteiger partial charge on any atom is -0.493 e. The molecule has 8 heteroatoms. The van der Waals surface area contributed by atoms with Gasteiger partial charge in [-0.15, -0.1) is 0 Å². The smallest absolute Gasteiger partial charge is 0.274 e. The Kier molecular flexibility index (Phi) is 6.54. The van der Waals surface area contributed by atoms with Gasteiger partial charge in [0, 0.05) is 23.9 Å². The van der Waals surface area contributed by atoms with Crippen LogP contribution in [0.4, 0.5) is 5.69 Å². The fourth-order valence-electron chi connectivity index (χ4n) is 3.37. The summed E-state index contributed by atoms with van der Waals surface area (Å²) in [5, 5.41) is 5.72. The maximum absolute atomic E-state index is 12.7. The Bertz CT molecular complexity index is 869. The van der Waals surface area contributed by atoms with Crippen LogP contribution in [0, 0.1) is 0 Å². The first-order valence-corrected chi connectivity index (χ1v) is 9.45. The highest BCUT2D eigenvalue weighted by Crippen LogP contribution is 2.40. The van der Waals surface area contributed by atoms with Crippen LogP contribution in [0.5, 0.6) is 17.2 Å². The van der Waals surface area contributed by atoms with Crippen LogP contribution in [0.2, 0.25) is 0 Å². The molecule has 0 aliphatic heterocycles. The number of nitrogens with zero attached hydrogens (tertiary/aromatic N) is 1. The molecule has 1 saturated carbocycles. The first-order chi connectivity index (χ1) is 14.0. The van der Waals surface area contributed by atoms with Crippen molar-refractivity contribution >= 4 is 17.5 Å². The monoisotopic (exact) mass is 399 g/mol. The summed E-state index contributed by atoms with van der Waals surface area (Å²) in [6, 6.07) is 8.22. The van der Waals surface area contributed by atoms with Gasteiger partial charge in [-0.2, -0.15) is 0 Å². The summed E-state index contributed by atoms with van der Waals surface area (Å²) in [6.07, 6.45) is 4.20. The highest BCUT2D eigenvalue weighted by atomic mass is 16.5. The van der Waals surface area contributed by atoms with Crippen LogP contribution in [0.15, 0.2) is 30.3 Å². The average molecular weight is 399 g/mol. The molecule has 2 aromatic rings. The number of aromatic nitrogens is 1. The van der Waals surface area contributed by atoms with Crippen molar-refractivity contribution in [2.24, 2.45) is 0 Å². The molecule has 8 nitrogen and oxygen atoms in total. The molecule has 154 valence electrons. The van der Waals surface area contributed by atoms with Crippen molar-refractivity contribution < 1.29 is 23.8 Å². The average Bonchev–Trinajstić information content (AvgIpc) is 3.26. The van der Waals surface area contributed by atoms with E-state index in [1.54, 1.807) is 30.3 Å². The zero-order chi connectivity index (χ0) is 20.8. The number of rotatable bonds is 7. The lowest BCUT2D eigenvalue weighted by molar-refractivity contribution is 0.0932. The van der Waals surface area contributed by atoms with Crippen molar-refractivity contribution in [2.75, 3.05) is 26.6 Å². The molecule has 1 fully saturated rings. The van der Waals surface area contributed by atoms with Gasteiger partial charge in [-0.25, -0.2) is 4.98 Å². The van der Waals surface area contributed by atoms with Crippen molar-refractivity contribution in [3.05, 3.63) is 41.7 Å². The van der Waals surface area contributed by atoms with Crippen LogP contribution in [-0.2, 0) is 0 Å². The van der Waals surface area contributed by atoms with E-state index in [1.807, 2.05) is 0 Å². The number of amides is 2. The number of carbonyl (C=O) groups excluding carboxylic acids is 2. The lowest BCUT2D eigenvalue weighted by Crippen LogP contribution is -2.33. The lowest BCUT2D eigenvalue weighted by Gasteiger charge is -2.15. The van der Waals surface area contributed by atoms with E-state index in [-0.39, 0.29) is 23.3 Å². The van der Waals surface area contributed by atoms with Gasteiger partial charge >= 0.3 is 0 Å². The van der Waals surface area contributed by atoms with Crippen LogP contribution in [0.1, 0.15) is 46.7 Å². The van der Waals surface area contributed by atoms with E-state index in [0.29, 0.717) is 22.9 Å². The van der Waals surface area contributed by atoms with Gasteiger partial charge in [-0.3, -0.25) is 9.59 Å². The van der Waals surface area contributed by atoms with Gasteiger partial charge in [-0.05, 0) is 25.0 Å². The van der Waals surface area contributed by atoms with E-state index in [2.05, 4.69) is 15.6 Å². The molecule has 0 atom stereocenters. The summed E-state index contributed by atoms with van der Waals surface area (Å²) in [4.78, 5) is 29.3. The maximum Gasteiger partial charge on any atom is 0.274 e. The maximum atomic E-state index is 12.7. The highest BCUT2D eigenvalue weighted by Gasteiger charge is 2.20. The predicted molar refractivity (Wildman–Crippen MR) is 108 cm³/mol. The van der Waals surface area contributed by atoms with Crippen molar-refractivity contribution in [3.8, 4) is 17.2 Å². The molecule has 0 spiro atoms. The summed E-state index contributed by atoms with van der Waals surface area (Å²) >= 11 is 0. The molecule has 0 bridgehead atoms. The van der Waals surface area contributed by atoms with Crippen LogP contribution in [0.3, 0.4) is 0 Å². The second-order valence-electron chi connectivity index (χ2n) is 6.73. The third-order valence-corrected chi connectivity index (χ3v) is 4.83. The van der Waals surface area contributed by atoms with E-state index in [9.17, 15) is 9.59 Å². The molecule has 1 aliphatic carbocycles. The fraction of sp³-hybridized carbons (Fsp3) is 0.381. The zero-order valence-corrected chi connectivity index (χ0v) is 16.8. The van der Waals surface area contributed by atoms with Crippen molar-refractivity contribution in [1.29, 1.82) is 0 Å². The molecule has 1 aromatic heterocycles. The Labute approximate surface area is 169 Å². The number of benzene rings is 1. The largest absolute Gasteiger partial charge is 0.493 e. The summed E-state index contributed by atoms with van der Waals surface area (Å²) in [5.74, 6) is 0.547. The number of hydrogen-bond donors (Lipinski definition) is 2. The molecule has 0 unspecified atom stereocenters. The molecule has 1 aliphatic rings. The number of hydrogen-bond acceptors (Lipinski definition) is 6. The van der Waals surface area contributed by atoms with Gasteiger partial charge in [0.1, 0.15) is 11.4 Å². The second-order valence-corrected chi connectivity index (χ2v) is 6.73. The van der Waals surface area contributed by atoms with Crippen LogP contribution in [0.25, 0.3) is 0 Å². The molecule has 3 rings (SSSR count). The fourth-order valence-corrected chi connectivity index (χ4v) is 3.37. The molecule has 0 saturated heterocycles. The van der Waals surface area contributed by atoms with Gasteiger partial charge < -0.3 is 24.8 Å². The van der Waals surface area contributed by atoms with E-state index in [0.717, 1.165) is 25.7 Å². The number of ether oxygens (including phenoxy) is 3. The number of carbonyl (C=O) groups is 2. The lowest BCUT2D eigenvalue weighted by atomic mass is 10.2. The standard InChI is InChI=1S/C21H25N3O5/c1-27-17-11-14(12-18(28-2)19(17)29-3)23-21(26)16-10-6-9-15(24-16)20(25)22-13-7-4-5-8-13/h6,9-13H,4-5,7-8H2,1-3H3,(H,22,25)(H,23,26). The molecule has 1 heterocycles. The third-order valence-electron chi connectivity index (χ3n) is 4.83. The Morgan fingerprint density at radius 1 is 0.931 bits per heavy atom. The van der Waals surface area contributed by atoms with E-state index in [1.165, 1.54) is 21.3 Å². The first kappa shape index (κ1) is 20.4. The Morgan fingerprint density at radius 3 is 2.07 bits per heavy atom. The van der Waals surface area contributed by atoms with Crippen LogP contribution >= 0.6 is 0 Å². The minimum absolute atomic E-state index is 0.137. The van der Waals surface area contributed by atoms with E-state index in [4.69, 9.17) is 14.2 Å². The Morgan fingerprint density at radius 2 is 1.52 bits per heavy atom. The molecular formula is C21H25N3O5. The Hall–Kier alpha value is -3.29. The zero-order valence-electron chi connectivity index (χ0n) is 16.8. The third kappa shape index (κ3) is 4.77. The molecule has 0 radical (unpaired) electrons. The summed E-state index contributed by atoms with van der Waals surface area (Å²) in [5.41, 5.74) is 0.805. The van der Waals surface area contributed by atoms with Crippen LogP contribution < -0.4 is 24.8 Å². The van der Waals surface area contributed by atoms with E-state index < -0.39 is 5.91 Å². The van der Waals surface area contributed by atoms with E-state index >= 15 is 0 Å². The van der Waals surface area contributed by atoms with Crippen molar-refractivity contribution in [1.82, 2.24) is 10.3 Å². The normalized spacial score (nSPS) is 13.6. The minimum atomic E-state index is -0.449. The topological polar surface area (TPSA) is 98.8 Å². The molecule has 1 aromatic carbocycles. The highest BCUT2D eigenvalue weighted by molar-refractivity contribution is 6.04. The predicted octanol–water partition coefficient (Wildman–Crippen LogP) is 3.03. The summed E-state index contributed by atoms with van der Waals surface area (Å²) in [7, 11) is 4.50. The van der Waals surface area contributed by atoms with Crippen molar-refractivity contribution in [3.63, 3.8) is 0 Å². The quantitative estimate of drug-likeness (QED) is 0.743. The summed E-state index contributed by atoms with van der Waals surface area (Å²) in [6.45, 7) is 0. The van der Waals surface area contributed by atoms with Crippen molar-refractivity contribution in [2.45, 2.75) is 31.7 Å². The number of methoxy groups -OCH3 is 3. The van der Waals surface area contributed by atoms with Gasteiger partial charge in [0.25, 0.3) is 11.8 Å². The molecule has 2 N–H and O–H groups in total. The number of pyridine rings is 1. The molecule has 29 heavy (non-hydrogen) atoms. The van der Waals surface area contributed by atoms with Gasteiger partial charge in [0.2, 0.25) is 5.75 Å². The Balaban J connectivity index is 1.76.